The van der Waals surface area contributed by atoms with Crippen LogP contribution in [0, 0.1) is 5.92 Å². The molecule has 2 N–H and O–H groups in total. The number of piperazine rings is 1. The minimum Gasteiger partial charge on any atom is -0.473 e. The van der Waals surface area contributed by atoms with Crippen molar-refractivity contribution in [2.24, 2.45) is 5.92 Å². The number of carboxylic acids is 2. The third kappa shape index (κ3) is 7.37. The Balaban J connectivity index is 0.000000352. The molecule has 0 spiro atoms. The molecule has 1 aliphatic carbocycles. The number of rotatable bonds is 4. The molecule has 0 aromatic heterocycles. The van der Waals surface area contributed by atoms with Gasteiger partial charge in [-0.15, -0.1) is 0 Å². The molecule has 6 nitrogen and oxygen atoms in total. The van der Waals surface area contributed by atoms with Crippen LogP contribution in [-0.2, 0) is 16.1 Å². The molecule has 1 heterocycles. The molecule has 1 aliphatic heterocycles. The molecule has 1 unspecified atom stereocenters. The summed E-state index contributed by atoms with van der Waals surface area (Å²) in [5.41, 5.74) is 1.44. The molecule has 2 aliphatic rings. The van der Waals surface area contributed by atoms with E-state index in [-0.39, 0.29) is 0 Å². The first-order chi connectivity index (χ1) is 12.5. The van der Waals surface area contributed by atoms with Gasteiger partial charge in [0.05, 0.1) is 0 Å². The third-order valence-corrected chi connectivity index (χ3v) is 4.79. The molecule has 1 aromatic carbocycles. The zero-order chi connectivity index (χ0) is 18.8. The molecule has 142 valence electrons. The SMILES string of the molecule is C1=CCC(CN2CCN(Cc3ccccc3)CC2)CC1.O=C(O)C(=O)O. The monoisotopic (exact) mass is 360 g/mol. The summed E-state index contributed by atoms with van der Waals surface area (Å²) < 4.78 is 0. The van der Waals surface area contributed by atoms with E-state index < -0.39 is 11.9 Å². The number of nitrogens with zero attached hydrogens (tertiary/aromatic N) is 2. The number of hydrogen-bond acceptors (Lipinski definition) is 4. The van der Waals surface area contributed by atoms with E-state index in [4.69, 9.17) is 19.8 Å². The molecule has 1 fully saturated rings. The highest BCUT2D eigenvalue weighted by atomic mass is 16.4. The van der Waals surface area contributed by atoms with E-state index in [2.05, 4.69) is 52.3 Å². The number of allylic oxidation sites excluding steroid dienone is 2. The lowest BCUT2D eigenvalue weighted by Crippen LogP contribution is -2.47. The Labute approximate surface area is 154 Å². The van der Waals surface area contributed by atoms with Gasteiger partial charge in [0, 0.05) is 39.3 Å². The van der Waals surface area contributed by atoms with Gasteiger partial charge in [-0.2, -0.15) is 0 Å². The Morgan fingerprint density at radius 3 is 2.08 bits per heavy atom. The zero-order valence-corrected chi connectivity index (χ0v) is 15.1. The van der Waals surface area contributed by atoms with Crippen LogP contribution in [0.4, 0.5) is 0 Å². The number of carbonyl (C=O) groups is 2. The highest BCUT2D eigenvalue weighted by Gasteiger charge is 2.20. The summed E-state index contributed by atoms with van der Waals surface area (Å²) >= 11 is 0. The maximum Gasteiger partial charge on any atom is 0.414 e. The Morgan fingerprint density at radius 1 is 0.923 bits per heavy atom. The van der Waals surface area contributed by atoms with Crippen LogP contribution in [0.1, 0.15) is 24.8 Å². The van der Waals surface area contributed by atoms with E-state index >= 15 is 0 Å². The van der Waals surface area contributed by atoms with E-state index in [0.717, 1.165) is 12.5 Å². The predicted octanol–water partition coefficient (Wildman–Crippen LogP) is 2.32. The highest BCUT2D eigenvalue weighted by molar-refractivity contribution is 6.27. The molecule has 1 aromatic rings. The molecule has 0 amide bonds. The van der Waals surface area contributed by atoms with Gasteiger partial charge in [0.25, 0.3) is 0 Å². The minimum atomic E-state index is -1.82. The van der Waals surface area contributed by atoms with Crippen LogP contribution in [0.3, 0.4) is 0 Å². The number of hydrogen-bond donors (Lipinski definition) is 2. The maximum absolute atomic E-state index is 9.10. The van der Waals surface area contributed by atoms with E-state index in [9.17, 15) is 0 Å². The molecular weight excluding hydrogens is 332 g/mol. The van der Waals surface area contributed by atoms with Gasteiger partial charge in [0.1, 0.15) is 0 Å². The first-order valence-corrected chi connectivity index (χ1v) is 9.14. The second-order valence-electron chi connectivity index (χ2n) is 6.82. The van der Waals surface area contributed by atoms with Crippen LogP contribution in [-0.4, -0.2) is 64.7 Å². The van der Waals surface area contributed by atoms with Crippen molar-refractivity contribution in [3.8, 4) is 0 Å². The second kappa shape index (κ2) is 10.7. The first kappa shape index (κ1) is 20.1. The fourth-order valence-electron chi connectivity index (χ4n) is 3.36. The summed E-state index contributed by atoms with van der Waals surface area (Å²) in [6, 6.07) is 10.9. The standard InChI is InChI=1S/C18H26N2.C2H2O4/c1-3-7-17(8-4-1)15-19-11-13-20(14-12-19)16-18-9-5-2-6-10-18;3-1(4)2(5)6/h1-5,7-8,18H,6,9-16H2;(H,3,4)(H,5,6). The van der Waals surface area contributed by atoms with Crippen LogP contribution < -0.4 is 0 Å². The number of aliphatic carboxylic acids is 2. The van der Waals surface area contributed by atoms with Gasteiger partial charge in [-0.05, 0) is 30.7 Å². The van der Waals surface area contributed by atoms with Crippen molar-refractivity contribution in [1.82, 2.24) is 9.80 Å². The predicted molar refractivity (Wildman–Crippen MR) is 99.9 cm³/mol. The molecule has 0 saturated carbocycles. The van der Waals surface area contributed by atoms with Crippen LogP contribution in [0.2, 0.25) is 0 Å². The molecule has 1 atom stereocenters. The number of benzene rings is 1. The fraction of sp³-hybridized carbons (Fsp3) is 0.500. The summed E-state index contributed by atoms with van der Waals surface area (Å²) in [5.74, 6) is -2.74. The van der Waals surface area contributed by atoms with E-state index in [1.165, 1.54) is 57.5 Å². The molecule has 0 radical (unpaired) electrons. The van der Waals surface area contributed by atoms with Crippen molar-refractivity contribution in [2.45, 2.75) is 25.8 Å². The number of carboxylic acid groups (broad SMARTS) is 2. The van der Waals surface area contributed by atoms with E-state index in [1.807, 2.05) is 0 Å². The Morgan fingerprint density at radius 2 is 1.54 bits per heavy atom. The molecule has 0 bridgehead atoms. The summed E-state index contributed by atoms with van der Waals surface area (Å²) in [6.07, 6.45) is 8.69. The van der Waals surface area contributed by atoms with Crippen LogP contribution in [0.15, 0.2) is 42.5 Å². The van der Waals surface area contributed by atoms with Crippen LogP contribution >= 0.6 is 0 Å². The maximum atomic E-state index is 9.10. The molecule has 1 saturated heterocycles. The zero-order valence-electron chi connectivity index (χ0n) is 15.1. The average Bonchev–Trinajstić information content (AvgIpc) is 2.65. The van der Waals surface area contributed by atoms with Gasteiger partial charge in [0.15, 0.2) is 0 Å². The van der Waals surface area contributed by atoms with E-state index in [0.29, 0.717) is 0 Å². The van der Waals surface area contributed by atoms with Gasteiger partial charge in [-0.3, -0.25) is 4.90 Å². The smallest absolute Gasteiger partial charge is 0.414 e. The van der Waals surface area contributed by atoms with Crippen molar-refractivity contribution >= 4 is 11.9 Å². The van der Waals surface area contributed by atoms with Crippen LogP contribution in [0.25, 0.3) is 0 Å². The summed E-state index contributed by atoms with van der Waals surface area (Å²) in [7, 11) is 0. The lowest BCUT2D eigenvalue weighted by atomic mass is 9.94. The molecule has 26 heavy (non-hydrogen) atoms. The van der Waals surface area contributed by atoms with Gasteiger partial charge in [-0.1, -0.05) is 42.5 Å². The largest absolute Gasteiger partial charge is 0.473 e. The Kier molecular flexibility index (Phi) is 8.31. The summed E-state index contributed by atoms with van der Waals surface area (Å²) in [4.78, 5) is 23.5. The topological polar surface area (TPSA) is 81.1 Å². The molecular formula is C20H28N2O4. The first-order valence-electron chi connectivity index (χ1n) is 9.14. The average molecular weight is 360 g/mol. The van der Waals surface area contributed by atoms with Crippen molar-refractivity contribution in [3.63, 3.8) is 0 Å². The van der Waals surface area contributed by atoms with Crippen molar-refractivity contribution in [3.05, 3.63) is 48.0 Å². The molecule has 6 heteroatoms. The van der Waals surface area contributed by atoms with Gasteiger partial charge in [0.2, 0.25) is 0 Å². The van der Waals surface area contributed by atoms with Gasteiger partial charge in [-0.25, -0.2) is 9.59 Å². The molecule has 3 rings (SSSR count). The summed E-state index contributed by atoms with van der Waals surface area (Å²) in [6.45, 7) is 7.35. The minimum absolute atomic E-state index is 0.903. The lowest BCUT2D eigenvalue weighted by Gasteiger charge is -2.36. The van der Waals surface area contributed by atoms with Crippen molar-refractivity contribution in [2.75, 3.05) is 32.7 Å². The lowest BCUT2D eigenvalue weighted by molar-refractivity contribution is -0.159. The Bertz CT molecular complexity index is 583. The normalized spacial score (nSPS) is 20.8. The Hall–Kier alpha value is -2.18. The second-order valence-corrected chi connectivity index (χ2v) is 6.82. The van der Waals surface area contributed by atoms with Crippen molar-refractivity contribution < 1.29 is 19.8 Å². The van der Waals surface area contributed by atoms with Crippen LogP contribution in [0.5, 0.6) is 0 Å². The van der Waals surface area contributed by atoms with Gasteiger partial charge < -0.3 is 15.1 Å². The quantitative estimate of drug-likeness (QED) is 0.633. The van der Waals surface area contributed by atoms with Gasteiger partial charge >= 0.3 is 11.9 Å². The third-order valence-electron chi connectivity index (χ3n) is 4.79. The van der Waals surface area contributed by atoms with E-state index in [1.54, 1.807) is 0 Å². The summed E-state index contributed by atoms with van der Waals surface area (Å²) in [5, 5.41) is 14.8. The fourth-order valence-corrected chi connectivity index (χ4v) is 3.36. The van der Waals surface area contributed by atoms with Crippen molar-refractivity contribution in [1.29, 1.82) is 0 Å². The highest BCUT2D eigenvalue weighted by Crippen LogP contribution is 2.20.